The average Bonchev–Trinajstić information content (AvgIpc) is 0.807. The minimum Gasteiger partial charge on any atom is -0.493 e. The number of rotatable bonds is 48. The Morgan fingerprint density at radius 1 is 0.190 bits per heavy atom. The number of hydrogen-bond acceptors (Lipinski definition) is 10. The molecule has 10 nitrogen and oxygen atoms in total. The van der Waals surface area contributed by atoms with Crippen LogP contribution in [-0.2, 0) is 0 Å². The van der Waals surface area contributed by atoms with E-state index in [0.29, 0.717) is 125 Å². The van der Waals surface area contributed by atoms with Crippen LogP contribution in [-0.4, -0.2) is 66.1 Å². The van der Waals surface area contributed by atoms with Crippen LogP contribution in [0.3, 0.4) is 0 Å². The molecule has 0 aliphatic rings. The molecule has 0 aromatic heterocycles. The highest BCUT2D eigenvalue weighted by molar-refractivity contribution is 5.84. The zero-order valence-electron chi connectivity index (χ0n) is 66.4. The maximum atomic E-state index is 6.94. The third-order valence-electron chi connectivity index (χ3n) is 20.0. The molecule has 0 radical (unpaired) electrons. The Bertz CT molecular complexity index is 3110. The van der Waals surface area contributed by atoms with Gasteiger partial charge in [0.05, 0.1) is 66.1 Å². The molecular weight excluding hydrogens is 1240 g/mol. The van der Waals surface area contributed by atoms with E-state index in [-0.39, 0.29) is 0 Å². The molecule has 0 saturated heterocycles. The van der Waals surface area contributed by atoms with Crippen LogP contribution in [0.1, 0.15) is 258 Å². The Morgan fingerprint density at radius 2 is 0.300 bits per heavy atom. The second kappa shape index (κ2) is 44.4. The fraction of sp³-hybridized carbons (Fsp3) is 0.578. The molecule has 10 atom stereocenters. The lowest BCUT2D eigenvalue weighted by Gasteiger charge is -2.20. The van der Waals surface area contributed by atoms with Crippen LogP contribution >= 0.6 is 0 Å². The van der Waals surface area contributed by atoms with E-state index in [4.69, 9.17) is 47.4 Å². The van der Waals surface area contributed by atoms with Crippen molar-refractivity contribution in [3.63, 3.8) is 0 Å². The van der Waals surface area contributed by atoms with Crippen LogP contribution in [0, 0.1) is 73.0 Å². The summed E-state index contributed by atoms with van der Waals surface area (Å²) in [6.45, 7) is 54.5. The summed E-state index contributed by atoms with van der Waals surface area (Å²) >= 11 is 0. The molecule has 0 fully saturated rings. The molecule has 0 saturated carbocycles. The smallest absolute Gasteiger partial charge is 0.127 e. The van der Waals surface area contributed by atoms with Gasteiger partial charge in [-0.15, -0.1) is 0 Å². The molecule has 0 bridgehead atoms. The van der Waals surface area contributed by atoms with Crippen molar-refractivity contribution in [2.75, 3.05) is 66.1 Å². The van der Waals surface area contributed by atoms with Crippen LogP contribution in [0.2, 0.25) is 0 Å². The number of aryl methyl sites for hydroxylation is 2. The monoisotopic (exact) mass is 1370 g/mol. The van der Waals surface area contributed by atoms with Gasteiger partial charge < -0.3 is 47.4 Å². The highest BCUT2D eigenvalue weighted by Gasteiger charge is 2.20. The Morgan fingerprint density at radius 3 is 0.430 bits per heavy atom. The van der Waals surface area contributed by atoms with Crippen molar-refractivity contribution < 1.29 is 47.4 Å². The fourth-order valence-corrected chi connectivity index (χ4v) is 9.70. The minimum absolute atomic E-state index is 0.321. The third kappa shape index (κ3) is 27.8. The van der Waals surface area contributed by atoms with E-state index in [1.807, 2.05) is 0 Å². The Balaban J connectivity index is 1.76. The van der Waals surface area contributed by atoms with E-state index in [1.54, 1.807) is 0 Å². The van der Waals surface area contributed by atoms with Crippen LogP contribution in [0.5, 0.6) is 57.5 Å². The first-order valence-corrected chi connectivity index (χ1v) is 38.9. The van der Waals surface area contributed by atoms with Crippen molar-refractivity contribution >= 4 is 48.6 Å². The van der Waals surface area contributed by atoms with Gasteiger partial charge in [-0.3, -0.25) is 0 Å². The lowest BCUT2D eigenvalue weighted by atomic mass is 10.0. The van der Waals surface area contributed by atoms with Crippen molar-refractivity contribution in [2.24, 2.45) is 59.2 Å². The predicted octanol–water partition coefficient (Wildman–Crippen LogP) is 25.2. The van der Waals surface area contributed by atoms with Gasteiger partial charge in [-0.1, -0.05) is 251 Å². The van der Waals surface area contributed by atoms with Gasteiger partial charge in [-0.2, -0.15) is 0 Å². The molecule has 0 aliphatic heterocycles. The van der Waals surface area contributed by atoms with Crippen LogP contribution < -0.4 is 47.4 Å². The first kappa shape index (κ1) is 83.7. The Labute approximate surface area is 608 Å². The highest BCUT2D eigenvalue weighted by atomic mass is 16.5. The number of ether oxygens (including phenoxy) is 10. The van der Waals surface area contributed by atoms with Crippen molar-refractivity contribution in [3.05, 3.63) is 116 Å². The fourth-order valence-electron chi connectivity index (χ4n) is 9.70. The molecule has 10 heteroatoms. The second-order valence-electron chi connectivity index (χ2n) is 29.7. The van der Waals surface area contributed by atoms with Gasteiger partial charge in [0.15, 0.2) is 0 Å². The lowest BCUT2D eigenvalue weighted by molar-refractivity contribution is 0.248. The second-order valence-corrected chi connectivity index (χ2v) is 29.7. The van der Waals surface area contributed by atoms with E-state index in [0.717, 1.165) is 177 Å². The molecule has 5 aromatic rings. The maximum absolute atomic E-state index is 6.94. The first-order chi connectivity index (χ1) is 48.0. The van der Waals surface area contributed by atoms with Crippen molar-refractivity contribution in [2.45, 2.75) is 217 Å². The van der Waals surface area contributed by atoms with Crippen LogP contribution in [0.25, 0.3) is 48.6 Å². The lowest BCUT2D eigenvalue weighted by Crippen LogP contribution is -2.11. The van der Waals surface area contributed by atoms with Gasteiger partial charge in [0.25, 0.3) is 0 Å². The first-order valence-electron chi connectivity index (χ1n) is 38.9. The molecule has 0 heterocycles. The van der Waals surface area contributed by atoms with E-state index in [9.17, 15) is 0 Å². The van der Waals surface area contributed by atoms with Gasteiger partial charge in [-0.25, -0.2) is 0 Å². The molecule has 0 aliphatic carbocycles. The predicted molar refractivity (Wildman–Crippen MR) is 427 cm³/mol. The van der Waals surface area contributed by atoms with Crippen LogP contribution in [0.15, 0.2) is 60.7 Å². The zero-order valence-corrected chi connectivity index (χ0v) is 66.4. The van der Waals surface area contributed by atoms with E-state index >= 15 is 0 Å². The largest absolute Gasteiger partial charge is 0.493 e. The Kier molecular flexibility index (Phi) is 37.2. The van der Waals surface area contributed by atoms with Gasteiger partial charge in [-0.05, 0) is 145 Å². The SMILES string of the molecule is CC[C@H](C)COc1cc(/C=C/c2cc(OC[C@@H](C)CC)c(/C=C/c3cc(OC[C@@H](C)CC)c(/C=C/c4cc(OC[C@@H](C)CC)c(/C=C/c5cc(OC[C@@H](C)CC)c(C)cc5OC[C@@H](C)CC)cc4OC[C@@H](C)CC)cc3OC[C@@H](C)CC)cc2OC[C@@H](C)CC)c(OC[C@@H](C)CC)cc1C. The Hall–Kier alpha value is -6.94. The molecule has 0 N–H and O–H groups in total. The molecule has 0 amide bonds. The van der Waals surface area contributed by atoms with Gasteiger partial charge in [0.1, 0.15) is 57.5 Å². The summed E-state index contributed by atoms with van der Waals surface area (Å²) in [6, 6.07) is 21.4. The zero-order chi connectivity index (χ0) is 73.3. The van der Waals surface area contributed by atoms with Gasteiger partial charge >= 0.3 is 0 Å². The maximum Gasteiger partial charge on any atom is 0.127 e. The summed E-state index contributed by atoms with van der Waals surface area (Å²) in [5, 5.41) is 0. The van der Waals surface area contributed by atoms with Crippen molar-refractivity contribution in [1.29, 1.82) is 0 Å². The number of hydrogen-bond donors (Lipinski definition) is 0. The standard InChI is InChI=1S/C90H134O10/c1-23-61(11)51-91-81-43-73(83(41-71(81)21)93-53-63(13)25-3)33-35-75-45-87(97-57-67(17)29-7)77(47-85(75)95-55-65(15)27-5)37-39-79-49-90(100-60-70(20)32-10)80(50-89(79)99-59-69(19)31-9)40-38-78-48-86(96-56-66(16)28-6)76(46-88(78)98-58-68(18)30-8)36-34-74-44-82(92-52-62(12)24-2)72(22)42-84(74)94-54-64(14)26-4/h33-50,61-70H,23-32,51-60H2,1-22H3/b35-33+,36-34+,39-37+,40-38+/t61-,62-,63-,64-,65-,66-,67-,68-,69-,70-/m0/s1. The molecule has 5 rings (SSSR count). The highest BCUT2D eigenvalue weighted by Crippen LogP contribution is 2.41. The molecule has 100 heavy (non-hydrogen) atoms. The summed E-state index contributed by atoms with van der Waals surface area (Å²) in [5.74, 6) is 11.6. The van der Waals surface area contributed by atoms with E-state index < -0.39 is 0 Å². The van der Waals surface area contributed by atoms with Gasteiger partial charge in [0, 0.05) is 44.5 Å². The van der Waals surface area contributed by atoms with Crippen LogP contribution in [0.4, 0.5) is 0 Å². The summed E-state index contributed by atoms with van der Waals surface area (Å²) in [4.78, 5) is 0. The third-order valence-corrected chi connectivity index (χ3v) is 20.0. The molecular formula is C90H134O10. The molecule has 554 valence electrons. The van der Waals surface area contributed by atoms with Crippen molar-refractivity contribution in [3.8, 4) is 57.5 Å². The summed E-state index contributed by atoms with van der Waals surface area (Å²) < 4.78 is 67.5. The summed E-state index contributed by atoms with van der Waals surface area (Å²) in [5.41, 5.74) is 9.39. The quantitative estimate of drug-likeness (QED) is 0.0351. The molecule has 0 unspecified atom stereocenters. The number of benzene rings is 5. The normalized spacial score (nSPS) is 14.9. The van der Waals surface area contributed by atoms with E-state index in [2.05, 4.69) is 262 Å². The minimum atomic E-state index is 0.321. The molecule has 5 aromatic carbocycles. The summed E-state index contributed by atoms with van der Waals surface area (Å²) in [7, 11) is 0. The molecule has 0 spiro atoms. The average molecular weight is 1380 g/mol. The summed E-state index contributed by atoms with van der Waals surface area (Å²) in [6.07, 6.45) is 27.2. The van der Waals surface area contributed by atoms with E-state index in [1.165, 1.54) is 0 Å². The van der Waals surface area contributed by atoms with Gasteiger partial charge in [0.2, 0.25) is 0 Å². The topological polar surface area (TPSA) is 92.3 Å². The van der Waals surface area contributed by atoms with Crippen molar-refractivity contribution in [1.82, 2.24) is 0 Å².